The van der Waals surface area contributed by atoms with E-state index in [-0.39, 0.29) is 31.5 Å². The summed E-state index contributed by atoms with van der Waals surface area (Å²) in [4.78, 5) is 0. The first-order valence-electron chi connectivity index (χ1n) is 10.3. The molecule has 0 radical (unpaired) electrons. The second kappa shape index (κ2) is 8.56. The van der Waals surface area contributed by atoms with Gasteiger partial charge in [0, 0.05) is 11.1 Å². The maximum atomic E-state index is 6.40. The summed E-state index contributed by atoms with van der Waals surface area (Å²) in [5.41, 5.74) is 1.94. The molecule has 2 aromatic carbocycles. The zero-order valence-corrected chi connectivity index (χ0v) is 16.4. The Morgan fingerprint density at radius 3 is 2.03 bits per heavy atom. The van der Waals surface area contributed by atoms with E-state index in [1.807, 2.05) is 67.6 Å². The van der Waals surface area contributed by atoms with Crippen LogP contribution in [-0.4, -0.2) is 44.7 Å². The van der Waals surface area contributed by atoms with Crippen molar-refractivity contribution in [1.29, 1.82) is 0 Å². The van der Waals surface area contributed by atoms with Crippen molar-refractivity contribution < 1.29 is 28.3 Å². The van der Waals surface area contributed by atoms with Gasteiger partial charge in [-0.05, 0) is 6.32 Å². The molecule has 3 heterocycles. The van der Waals surface area contributed by atoms with Gasteiger partial charge in [-0.25, -0.2) is 0 Å². The van der Waals surface area contributed by atoms with E-state index in [1.54, 1.807) is 0 Å². The summed E-state index contributed by atoms with van der Waals surface area (Å²) >= 11 is 0. The summed E-state index contributed by atoms with van der Waals surface area (Å²) in [6.07, 6.45) is -1.23. The molecular weight excluding hydrogens is 371 g/mol. The van der Waals surface area contributed by atoms with Crippen LogP contribution in [0.15, 0.2) is 60.7 Å². The molecule has 0 bridgehead atoms. The Hall–Kier alpha value is -1.74. The molecule has 2 aromatic rings. The van der Waals surface area contributed by atoms with Crippen molar-refractivity contribution in [2.24, 2.45) is 0 Å². The largest absolute Gasteiger partial charge is 0.457 e. The molecule has 3 aliphatic rings. The summed E-state index contributed by atoms with van der Waals surface area (Å²) < 4.78 is 36.8. The van der Waals surface area contributed by atoms with Crippen LogP contribution in [-0.2, 0) is 28.3 Å². The predicted molar refractivity (Wildman–Crippen MR) is 106 cm³/mol. The number of ether oxygens (including phenoxy) is 4. The Labute approximate surface area is 171 Å². The lowest BCUT2D eigenvalue weighted by Crippen LogP contribution is -2.58. The third-order valence-corrected chi connectivity index (χ3v) is 5.58. The Balaban J connectivity index is 1.39. The SMILES string of the molecule is CCB1OCC(C2OC(c3ccccc3)OC3COC(c4ccccc4)OC32)O1. The number of hydrogen-bond acceptors (Lipinski definition) is 6. The topological polar surface area (TPSA) is 55.4 Å². The predicted octanol–water partition coefficient (Wildman–Crippen LogP) is 3.51. The van der Waals surface area contributed by atoms with Crippen LogP contribution in [0.25, 0.3) is 0 Å². The smallest absolute Gasteiger partial charge is 0.408 e. The molecule has 5 rings (SSSR count). The third-order valence-electron chi connectivity index (χ3n) is 5.58. The molecule has 6 nitrogen and oxygen atoms in total. The molecule has 3 fully saturated rings. The summed E-state index contributed by atoms with van der Waals surface area (Å²) in [7, 11) is -0.204. The summed E-state index contributed by atoms with van der Waals surface area (Å²) in [6, 6.07) is 19.9. The number of benzene rings is 2. The van der Waals surface area contributed by atoms with E-state index in [0.29, 0.717) is 13.2 Å². The molecule has 0 saturated carbocycles. The Morgan fingerprint density at radius 2 is 1.38 bits per heavy atom. The standard InChI is InChI=1S/C22H25BO6/c1-2-23-25-14-18(29-23)20-19-17(26-22(28-20)16-11-7-4-8-12-16)13-24-21(27-19)15-9-5-3-6-10-15/h3-12,17-22H,2,13-14H2,1H3. The molecule has 0 N–H and O–H groups in total. The van der Waals surface area contributed by atoms with Crippen molar-refractivity contribution in [3.05, 3.63) is 71.8 Å². The van der Waals surface area contributed by atoms with Gasteiger partial charge in [0.1, 0.15) is 18.3 Å². The van der Waals surface area contributed by atoms with Crippen molar-refractivity contribution >= 4 is 7.12 Å². The van der Waals surface area contributed by atoms with Gasteiger partial charge < -0.3 is 28.3 Å². The van der Waals surface area contributed by atoms with Gasteiger partial charge in [-0.2, -0.15) is 0 Å². The van der Waals surface area contributed by atoms with Crippen LogP contribution in [0.4, 0.5) is 0 Å². The van der Waals surface area contributed by atoms with Gasteiger partial charge in [0.05, 0.1) is 19.3 Å². The molecule has 29 heavy (non-hydrogen) atoms. The minimum absolute atomic E-state index is 0.204. The second-order valence-corrected chi connectivity index (χ2v) is 7.54. The number of fused-ring (bicyclic) bond motifs is 1. The van der Waals surface area contributed by atoms with E-state index >= 15 is 0 Å². The lowest BCUT2D eigenvalue weighted by Gasteiger charge is -2.47. The average Bonchev–Trinajstić information content (AvgIpc) is 3.28. The van der Waals surface area contributed by atoms with Crippen molar-refractivity contribution in [2.45, 2.75) is 50.2 Å². The first-order chi connectivity index (χ1) is 14.3. The molecular formula is C22H25BO6. The van der Waals surface area contributed by atoms with Crippen molar-refractivity contribution in [1.82, 2.24) is 0 Å². The molecule has 0 amide bonds. The van der Waals surface area contributed by atoms with Crippen LogP contribution in [0.2, 0.25) is 6.32 Å². The Bertz CT molecular complexity index is 790. The van der Waals surface area contributed by atoms with Crippen molar-refractivity contribution in [3.63, 3.8) is 0 Å². The zero-order valence-electron chi connectivity index (χ0n) is 16.4. The average molecular weight is 396 g/mol. The molecule has 7 heteroatoms. The van der Waals surface area contributed by atoms with Crippen LogP contribution in [0.3, 0.4) is 0 Å². The lowest BCUT2D eigenvalue weighted by molar-refractivity contribution is -0.371. The first-order valence-corrected chi connectivity index (χ1v) is 10.3. The van der Waals surface area contributed by atoms with Gasteiger partial charge in [0.25, 0.3) is 0 Å². The highest BCUT2D eigenvalue weighted by Crippen LogP contribution is 2.40. The van der Waals surface area contributed by atoms with E-state index in [1.165, 1.54) is 0 Å². The second-order valence-electron chi connectivity index (χ2n) is 7.54. The van der Waals surface area contributed by atoms with Crippen LogP contribution < -0.4 is 0 Å². The van der Waals surface area contributed by atoms with Gasteiger partial charge in [-0.1, -0.05) is 67.6 Å². The molecule has 3 aliphatic heterocycles. The molecule has 6 atom stereocenters. The van der Waals surface area contributed by atoms with E-state index in [2.05, 4.69) is 0 Å². The highest BCUT2D eigenvalue weighted by atomic mass is 16.8. The molecule has 6 unspecified atom stereocenters. The normalized spacial score (nSPS) is 34.7. The van der Waals surface area contributed by atoms with Gasteiger partial charge in [0.15, 0.2) is 12.6 Å². The van der Waals surface area contributed by atoms with Crippen LogP contribution in [0.1, 0.15) is 30.6 Å². The fraction of sp³-hybridized carbons (Fsp3) is 0.455. The maximum absolute atomic E-state index is 6.40. The van der Waals surface area contributed by atoms with E-state index < -0.39 is 12.6 Å². The van der Waals surface area contributed by atoms with Crippen LogP contribution in [0, 0.1) is 0 Å². The summed E-state index contributed by atoms with van der Waals surface area (Å²) in [5.74, 6) is 0. The maximum Gasteiger partial charge on any atom is 0.457 e. The fourth-order valence-corrected chi connectivity index (χ4v) is 4.08. The monoisotopic (exact) mass is 396 g/mol. The Morgan fingerprint density at radius 1 is 0.759 bits per heavy atom. The molecule has 3 saturated heterocycles. The van der Waals surface area contributed by atoms with Crippen LogP contribution in [0.5, 0.6) is 0 Å². The van der Waals surface area contributed by atoms with Gasteiger partial charge in [0.2, 0.25) is 0 Å². The highest BCUT2D eigenvalue weighted by molar-refractivity contribution is 6.44. The first kappa shape index (κ1) is 19.2. The van der Waals surface area contributed by atoms with E-state index in [9.17, 15) is 0 Å². The Kier molecular flexibility index (Phi) is 5.68. The van der Waals surface area contributed by atoms with Crippen molar-refractivity contribution in [2.75, 3.05) is 13.2 Å². The van der Waals surface area contributed by atoms with Gasteiger partial charge >= 0.3 is 7.12 Å². The number of rotatable bonds is 4. The quantitative estimate of drug-likeness (QED) is 0.738. The minimum atomic E-state index is -0.493. The van der Waals surface area contributed by atoms with E-state index in [4.69, 9.17) is 28.3 Å². The molecule has 152 valence electrons. The third kappa shape index (κ3) is 3.99. The minimum Gasteiger partial charge on any atom is -0.408 e. The van der Waals surface area contributed by atoms with Crippen molar-refractivity contribution in [3.8, 4) is 0 Å². The van der Waals surface area contributed by atoms with E-state index in [0.717, 1.165) is 17.4 Å². The van der Waals surface area contributed by atoms with Crippen LogP contribution >= 0.6 is 0 Å². The van der Waals surface area contributed by atoms with Gasteiger partial charge in [-0.15, -0.1) is 0 Å². The molecule has 0 aliphatic carbocycles. The molecule has 0 aromatic heterocycles. The highest BCUT2D eigenvalue weighted by Gasteiger charge is 2.50. The van der Waals surface area contributed by atoms with Gasteiger partial charge in [-0.3, -0.25) is 0 Å². The summed E-state index contributed by atoms with van der Waals surface area (Å²) in [5, 5.41) is 0. The summed E-state index contributed by atoms with van der Waals surface area (Å²) in [6.45, 7) is 2.95. The fourth-order valence-electron chi connectivity index (χ4n) is 4.08. The molecule has 0 spiro atoms. The zero-order chi connectivity index (χ0) is 19.6. The number of hydrogen-bond donors (Lipinski definition) is 0. The lowest BCUT2D eigenvalue weighted by atomic mass is 9.87.